The molecule has 0 amide bonds. The van der Waals surface area contributed by atoms with Crippen molar-refractivity contribution < 1.29 is 19.0 Å². The minimum absolute atomic E-state index is 0.385. The molecule has 3 rings (SSSR count). The number of hydrogen-bond acceptors (Lipinski definition) is 8. The van der Waals surface area contributed by atoms with Crippen molar-refractivity contribution in [1.29, 1.82) is 0 Å². The first-order valence-corrected chi connectivity index (χ1v) is 17.9. The van der Waals surface area contributed by atoms with Gasteiger partial charge in [0.05, 0.1) is 6.61 Å². The summed E-state index contributed by atoms with van der Waals surface area (Å²) in [6.07, 6.45) is 19.9. The fourth-order valence-corrected chi connectivity index (χ4v) is 5.54. The van der Waals surface area contributed by atoms with Crippen LogP contribution in [-0.4, -0.2) is 41.7 Å². The number of ether oxygens (including phenoxy) is 3. The second-order valence-corrected chi connectivity index (χ2v) is 12.6. The van der Waals surface area contributed by atoms with Gasteiger partial charge in [-0.2, -0.15) is 0 Å². The molecule has 1 heterocycles. The molecule has 1 atom stereocenters. The zero-order valence-corrected chi connectivity index (χ0v) is 28.5. The number of aliphatic imine (C=N–C) groups is 1. The largest absolute Gasteiger partial charge is 0.494 e. The molecule has 0 radical (unpaired) electrons. The molecule has 0 saturated carbocycles. The maximum absolute atomic E-state index is 12.4. The van der Waals surface area contributed by atoms with Crippen LogP contribution in [0.15, 0.2) is 53.5 Å². The quantitative estimate of drug-likeness (QED) is 0.0421. The van der Waals surface area contributed by atoms with Gasteiger partial charge < -0.3 is 14.2 Å². The van der Waals surface area contributed by atoms with E-state index >= 15 is 0 Å². The number of aromatic nitrogens is 2. The van der Waals surface area contributed by atoms with Crippen LogP contribution in [0.3, 0.4) is 0 Å². The Labute approximate surface area is 274 Å². The first kappa shape index (κ1) is 36.4. The molecule has 0 N–H and O–H groups in total. The van der Waals surface area contributed by atoms with Crippen molar-refractivity contribution in [1.82, 2.24) is 10.2 Å². The van der Waals surface area contributed by atoms with Crippen molar-refractivity contribution in [2.45, 2.75) is 123 Å². The molecule has 0 bridgehead atoms. The van der Waals surface area contributed by atoms with Gasteiger partial charge in [0.25, 0.3) is 0 Å². The molecule has 8 heteroatoms. The average molecular weight is 636 g/mol. The van der Waals surface area contributed by atoms with Crippen LogP contribution >= 0.6 is 11.3 Å². The summed E-state index contributed by atoms with van der Waals surface area (Å²) in [7, 11) is 0. The summed E-state index contributed by atoms with van der Waals surface area (Å²) in [5.41, 5.74) is 1.85. The lowest BCUT2D eigenvalue weighted by atomic mass is 10.1. The van der Waals surface area contributed by atoms with E-state index in [1.165, 1.54) is 88.4 Å². The summed E-state index contributed by atoms with van der Waals surface area (Å²) in [6, 6.07) is 15.2. The van der Waals surface area contributed by atoms with Crippen LogP contribution in [0.5, 0.6) is 11.5 Å². The van der Waals surface area contributed by atoms with Crippen molar-refractivity contribution in [3.63, 3.8) is 0 Å². The third kappa shape index (κ3) is 15.2. The molecule has 1 aromatic heterocycles. The standard InChI is InChI=1S/C37H53N3O4S/c1-4-6-8-10-12-14-16-18-28-43-33-25-21-32(22-26-33)35-39-40-37(45-35)38-29-31-19-23-34(24-20-31)44-36(41)30(3)42-27-17-15-13-11-9-7-5-2/h19-26,29-30H,4-18,27-28H2,1-3H3/b38-29+/t30-/m0/s1. The van der Waals surface area contributed by atoms with Gasteiger partial charge in [-0.15, -0.1) is 10.2 Å². The van der Waals surface area contributed by atoms with Crippen LogP contribution in [0.2, 0.25) is 0 Å². The van der Waals surface area contributed by atoms with Crippen molar-refractivity contribution in [2.24, 2.45) is 4.99 Å². The van der Waals surface area contributed by atoms with Crippen molar-refractivity contribution in [3.05, 3.63) is 54.1 Å². The van der Waals surface area contributed by atoms with Gasteiger partial charge in [-0.05, 0) is 73.9 Å². The molecule has 0 saturated heterocycles. The van der Waals surface area contributed by atoms with Gasteiger partial charge >= 0.3 is 5.97 Å². The van der Waals surface area contributed by atoms with Gasteiger partial charge in [0, 0.05) is 18.4 Å². The first-order chi connectivity index (χ1) is 22.1. The maximum atomic E-state index is 12.4. The highest BCUT2D eigenvalue weighted by atomic mass is 32.1. The number of hydrogen-bond donors (Lipinski definition) is 0. The SMILES string of the molecule is CCCCCCCCCCOc1ccc(-c2nnc(/N=C/c3ccc(OC(=O)[C@H](C)OCCCCCCCCC)cc3)s2)cc1. The number of esters is 1. The van der Waals surface area contributed by atoms with E-state index in [0.29, 0.717) is 17.5 Å². The minimum Gasteiger partial charge on any atom is -0.494 e. The lowest BCUT2D eigenvalue weighted by molar-refractivity contribution is -0.146. The lowest BCUT2D eigenvalue weighted by Gasteiger charge is -2.12. The normalized spacial score (nSPS) is 12.1. The summed E-state index contributed by atoms with van der Waals surface area (Å²) in [5, 5.41) is 9.90. The predicted molar refractivity (Wildman–Crippen MR) is 186 cm³/mol. The number of carbonyl (C=O) groups excluding carboxylic acids is 1. The third-order valence-electron chi connectivity index (χ3n) is 7.65. The van der Waals surface area contributed by atoms with Crippen molar-refractivity contribution in [2.75, 3.05) is 13.2 Å². The fraction of sp³-hybridized carbons (Fsp3) is 0.568. The highest BCUT2D eigenvalue weighted by molar-refractivity contribution is 7.18. The molecule has 0 aliphatic rings. The summed E-state index contributed by atoms with van der Waals surface area (Å²) >= 11 is 1.43. The highest BCUT2D eigenvalue weighted by Crippen LogP contribution is 2.29. The molecule has 0 fully saturated rings. The Kier molecular flexibility index (Phi) is 18.1. The molecule has 246 valence electrons. The van der Waals surface area contributed by atoms with Crippen LogP contribution in [0, 0.1) is 0 Å². The molecule has 0 unspecified atom stereocenters. The van der Waals surface area contributed by atoms with Crippen LogP contribution in [-0.2, 0) is 9.53 Å². The zero-order chi connectivity index (χ0) is 32.0. The van der Waals surface area contributed by atoms with E-state index in [1.807, 2.05) is 36.4 Å². The Morgan fingerprint density at radius 2 is 1.29 bits per heavy atom. The Balaban J connectivity index is 1.34. The summed E-state index contributed by atoms with van der Waals surface area (Å²) in [6.45, 7) is 7.55. The molecule has 2 aromatic carbocycles. The Bertz CT molecular complexity index is 1230. The van der Waals surface area contributed by atoms with Crippen molar-refractivity contribution >= 4 is 28.7 Å². The van der Waals surface area contributed by atoms with Crippen molar-refractivity contribution in [3.8, 4) is 22.1 Å². The van der Waals surface area contributed by atoms with Gasteiger partial charge in [0.2, 0.25) is 5.13 Å². The van der Waals surface area contributed by atoms with E-state index < -0.39 is 6.10 Å². The van der Waals surface area contributed by atoms with Crippen LogP contribution in [0.25, 0.3) is 10.6 Å². The number of benzene rings is 2. The molecule has 3 aromatic rings. The second kappa shape index (κ2) is 22.4. The Hall–Kier alpha value is -3.10. The van der Waals surface area contributed by atoms with Gasteiger partial charge in [-0.1, -0.05) is 109 Å². The Morgan fingerprint density at radius 3 is 1.91 bits per heavy atom. The summed E-state index contributed by atoms with van der Waals surface area (Å²) in [4.78, 5) is 16.9. The van der Waals surface area contributed by atoms with Gasteiger partial charge in [0.15, 0.2) is 6.10 Å². The van der Waals surface area contributed by atoms with E-state index in [1.54, 1.807) is 25.3 Å². The van der Waals surface area contributed by atoms with E-state index in [0.717, 1.165) is 47.8 Å². The lowest BCUT2D eigenvalue weighted by Crippen LogP contribution is -2.26. The minimum atomic E-state index is -0.596. The average Bonchev–Trinajstić information content (AvgIpc) is 3.54. The predicted octanol–water partition coefficient (Wildman–Crippen LogP) is 10.5. The monoisotopic (exact) mass is 635 g/mol. The molecular formula is C37H53N3O4S. The van der Waals surface area contributed by atoms with Gasteiger partial charge in [0.1, 0.15) is 16.5 Å². The number of unbranched alkanes of at least 4 members (excludes halogenated alkanes) is 13. The van der Waals surface area contributed by atoms with Crippen LogP contribution in [0.4, 0.5) is 5.13 Å². The van der Waals surface area contributed by atoms with E-state index in [9.17, 15) is 4.79 Å². The number of rotatable bonds is 24. The molecule has 45 heavy (non-hydrogen) atoms. The fourth-order valence-electron chi connectivity index (χ4n) is 4.84. The molecular weight excluding hydrogens is 582 g/mol. The van der Waals surface area contributed by atoms with Gasteiger partial charge in [-0.25, -0.2) is 9.79 Å². The molecule has 0 aliphatic heterocycles. The summed E-state index contributed by atoms with van der Waals surface area (Å²) in [5.74, 6) is 0.972. The molecule has 0 spiro atoms. The van der Waals surface area contributed by atoms with E-state index in [-0.39, 0.29) is 5.97 Å². The molecule has 7 nitrogen and oxygen atoms in total. The number of nitrogens with zero attached hydrogens (tertiary/aromatic N) is 3. The smallest absolute Gasteiger partial charge is 0.340 e. The zero-order valence-electron chi connectivity index (χ0n) is 27.7. The topological polar surface area (TPSA) is 82.9 Å². The number of carbonyl (C=O) groups is 1. The van der Waals surface area contributed by atoms with E-state index in [2.05, 4.69) is 29.0 Å². The third-order valence-corrected chi connectivity index (χ3v) is 8.53. The highest BCUT2D eigenvalue weighted by Gasteiger charge is 2.16. The summed E-state index contributed by atoms with van der Waals surface area (Å²) < 4.78 is 17.1. The maximum Gasteiger partial charge on any atom is 0.340 e. The Morgan fingerprint density at radius 1 is 0.733 bits per heavy atom. The van der Waals surface area contributed by atoms with Crippen LogP contribution < -0.4 is 9.47 Å². The second-order valence-electron chi connectivity index (χ2n) is 11.6. The van der Waals surface area contributed by atoms with Crippen LogP contribution in [0.1, 0.15) is 123 Å². The molecule has 0 aliphatic carbocycles. The van der Waals surface area contributed by atoms with E-state index in [4.69, 9.17) is 14.2 Å². The first-order valence-electron chi connectivity index (χ1n) is 17.1. The van der Waals surface area contributed by atoms with Gasteiger partial charge in [-0.3, -0.25) is 0 Å².